The molecule has 8 nitrogen and oxygen atoms in total. The molecule has 0 spiro atoms. The number of amides is 1. The Hall–Kier alpha value is -3.65. The minimum atomic E-state index is -0.521. The smallest absolute Gasteiger partial charge is 0.282 e. The quantitative estimate of drug-likeness (QED) is 0.449. The van der Waals surface area contributed by atoms with Crippen LogP contribution in [0.5, 0.6) is 5.75 Å². The highest BCUT2D eigenvalue weighted by Gasteiger charge is 2.27. The Bertz CT molecular complexity index is 973. The average Bonchev–Trinajstić information content (AvgIpc) is 3.26. The second-order valence-electron chi connectivity index (χ2n) is 6.52. The van der Waals surface area contributed by atoms with Gasteiger partial charge in [-0.25, -0.2) is 0 Å². The first-order valence-electron chi connectivity index (χ1n) is 9.06. The number of non-ortho nitro benzene ring substituents is 1. The number of nitrogens with one attached hydrogen (secondary N) is 1. The van der Waals surface area contributed by atoms with Crippen molar-refractivity contribution in [2.75, 3.05) is 12.4 Å². The van der Waals surface area contributed by atoms with Gasteiger partial charge in [0.1, 0.15) is 5.75 Å². The standard InChI is InChI=1S/C21H21N3O5/c1-14(21(25)23-17-13-16(24(26)27)10-11-18(17)28-2)22-20(19-9-6-12-29-19)15-7-4-3-5-8-15/h3-14,20,22H,1-2H3,(H,23,25)/p+1/t14-,20-/m1/s1. The van der Waals surface area contributed by atoms with Gasteiger partial charge in [-0.3, -0.25) is 14.9 Å². The van der Waals surface area contributed by atoms with Crippen molar-refractivity contribution >= 4 is 17.3 Å². The fourth-order valence-corrected chi connectivity index (χ4v) is 3.03. The number of carbonyl (C=O) groups is 1. The molecule has 3 rings (SSSR count). The highest BCUT2D eigenvalue weighted by Crippen LogP contribution is 2.29. The molecule has 0 fully saturated rings. The number of carbonyl (C=O) groups excluding carboxylic acids is 1. The van der Waals surface area contributed by atoms with Crippen molar-refractivity contribution in [2.45, 2.75) is 19.0 Å². The first-order valence-corrected chi connectivity index (χ1v) is 9.06. The summed E-state index contributed by atoms with van der Waals surface area (Å²) in [5, 5.41) is 15.7. The maximum atomic E-state index is 12.8. The van der Waals surface area contributed by atoms with E-state index in [1.165, 1.54) is 25.3 Å². The summed E-state index contributed by atoms with van der Waals surface area (Å²) in [5.41, 5.74) is 1.12. The molecule has 1 amide bonds. The molecule has 0 unspecified atom stereocenters. The van der Waals surface area contributed by atoms with Gasteiger partial charge >= 0.3 is 0 Å². The number of hydrogen-bond acceptors (Lipinski definition) is 5. The maximum absolute atomic E-state index is 12.8. The third-order valence-electron chi connectivity index (χ3n) is 4.55. The van der Waals surface area contributed by atoms with Crippen molar-refractivity contribution in [3.63, 3.8) is 0 Å². The second kappa shape index (κ2) is 9.03. The van der Waals surface area contributed by atoms with Crippen LogP contribution in [-0.4, -0.2) is 24.0 Å². The van der Waals surface area contributed by atoms with E-state index in [1.807, 2.05) is 41.7 Å². The van der Waals surface area contributed by atoms with Gasteiger partial charge in [0.05, 0.1) is 24.0 Å². The van der Waals surface area contributed by atoms with Crippen molar-refractivity contribution in [2.24, 2.45) is 0 Å². The molecule has 0 radical (unpaired) electrons. The molecule has 0 aliphatic heterocycles. The molecule has 2 aromatic carbocycles. The lowest BCUT2D eigenvalue weighted by Crippen LogP contribution is -2.92. The van der Waals surface area contributed by atoms with Crippen LogP contribution in [0.15, 0.2) is 71.3 Å². The number of nitrogens with zero attached hydrogens (tertiary/aromatic N) is 1. The van der Waals surface area contributed by atoms with Gasteiger partial charge in [-0.2, -0.15) is 0 Å². The van der Waals surface area contributed by atoms with Gasteiger partial charge in [-0.05, 0) is 25.1 Å². The predicted molar refractivity (Wildman–Crippen MR) is 107 cm³/mol. The van der Waals surface area contributed by atoms with E-state index in [9.17, 15) is 14.9 Å². The molecule has 8 heteroatoms. The zero-order valence-corrected chi connectivity index (χ0v) is 16.1. The van der Waals surface area contributed by atoms with Crippen molar-refractivity contribution in [3.05, 3.63) is 88.4 Å². The van der Waals surface area contributed by atoms with E-state index in [2.05, 4.69) is 5.32 Å². The van der Waals surface area contributed by atoms with Gasteiger partial charge in [0.15, 0.2) is 17.8 Å². The first-order chi connectivity index (χ1) is 14.0. The van der Waals surface area contributed by atoms with E-state index < -0.39 is 11.0 Å². The fourth-order valence-electron chi connectivity index (χ4n) is 3.03. The SMILES string of the molecule is COc1ccc([N+](=O)[O-])cc1NC(=O)[C@@H](C)[NH2+][C@H](c1ccccc1)c1ccco1. The summed E-state index contributed by atoms with van der Waals surface area (Å²) in [5.74, 6) is 0.766. The number of quaternary nitrogens is 1. The van der Waals surface area contributed by atoms with Crippen LogP contribution in [-0.2, 0) is 4.79 Å². The molecule has 29 heavy (non-hydrogen) atoms. The first kappa shape index (κ1) is 20.1. The zero-order chi connectivity index (χ0) is 20.8. The normalized spacial score (nSPS) is 12.8. The number of methoxy groups -OCH3 is 1. The van der Waals surface area contributed by atoms with Gasteiger partial charge in [-0.15, -0.1) is 0 Å². The molecular formula is C21H22N3O5+. The van der Waals surface area contributed by atoms with Crippen LogP contribution in [0.2, 0.25) is 0 Å². The van der Waals surface area contributed by atoms with Gasteiger partial charge in [-0.1, -0.05) is 30.3 Å². The van der Waals surface area contributed by atoms with E-state index >= 15 is 0 Å². The Morgan fingerprint density at radius 2 is 1.93 bits per heavy atom. The Labute approximate surface area is 167 Å². The molecule has 1 aromatic heterocycles. The summed E-state index contributed by atoms with van der Waals surface area (Å²) in [6.45, 7) is 1.76. The second-order valence-corrected chi connectivity index (χ2v) is 6.52. The number of nitro groups is 1. The summed E-state index contributed by atoms with van der Waals surface area (Å²) in [6.07, 6.45) is 1.60. The van der Waals surface area contributed by atoms with E-state index in [1.54, 1.807) is 19.3 Å². The topological polar surface area (TPSA) is 111 Å². The summed E-state index contributed by atoms with van der Waals surface area (Å²) in [7, 11) is 1.44. The lowest BCUT2D eigenvalue weighted by molar-refractivity contribution is -0.706. The fraction of sp³-hybridized carbons (Fsp3) is 0.190. The van der Waals surface area contributed by atoms with Gasteiger partial charge in [0.25, 0.3) is 11.6 Å². The number of anilines is 1. The molecular weight excluding hydrogens is 374 g/mol. The Morgan fingerprint density at radius 3 is 2.55 bits per heavy atom. The Kier molecular flexibility index (Phi) is 6.25. The average molecular weight is 396 g/mol. The molecule has 0 bridgehead atoms. The Balaban J connectivity index is 1.79. The van der Waals surface area contributed by atoms with Crippen LogP contribution < -0.4 is 15.4 Å². The number of benzene rings is 2. The van der Waals surface area contributed by atoms with Crippen LogP contribution in [0.4, 0.5) is 11.4 Å². The minimum absolute atomic E-state index is 0.129. The lowest BCUT2D eigenvalue weighted by atomic mass is 10.0. The number of nitro benzene ring substituents is 1. The highest BCUT2D eigenvalue weighted by molar-refractivity contribution is 5.95. The van der Waals surface area contributed by atoms with Crippen LogP contribution >= 0.6 is 0 Å². The van der Waals surface area contributed by atoms with Crippen molar-refractivity contribution in [3.8, 4) is 5.75 Å². The van der Waals surface area contributed by atoms with E-state index in [0.717, 1.165) is 11.3 Å². The minimum Gasteiger partial charge on any atom is -0.495 e. The summed E-state index contributed by atoms with van der Waals surface area (Å²) >= 11 is 0. The van der Waals surface area contributed by atoms with Gasteiger partial charge < -0.3 is 19.8 Å². The monoisotopic (exact) mass is 396 g/mol. The molecule has 0 aliphatic rings. The number of furan rings is 1. The molecule has 3 N–H and O–H groups in total. The maximum Gasteiger partial charge on any atom is 0.282 e. The highest BCUT2D eigenvalue weighted by atomic mass is 16.6. The van der Waals surface area contributed by atoms with Crippen LogP contribution in [0.3, 0.4) is 0 Å². The largest absolute Gasteiger partial charge is 0.495 e. The number of nitrogens with two attached hydrogens (primary N) is 1. The summed E-state index contributed by atoms with van der Waals surface area (Å²) in [4.78, 5) is 23.3. The third kappa shape index (κ3) is 4.80. The van der Waals surface area contributed by atoms with Crippen LogP contribution in [0.25, 0.3) is 0 Å². The summed E-state index contributed by atoms with van der Waals surface area (Å²) in [6, 6.07) is 16.7. The lowest BCUT2D eigenvalue weighted by Gasteiger charge is -2.19. The molecule has 0 saturated carbocycles. The number of hydrogen-bond donors (Lipinski definition) is 2. The zero-order valence-electron chi connectivity index (χ0n) is 16.1. The molecule has 1 heterocycles. The van der Waals surface area contributed by atoms with E-state index in [4.69, 9.17) is 9.15 Å². The summed E-state index contributed by atoms with van der Waals surface area (Å²) < 4.78 is 10.8. The van der Waals surface area contributed by atoms with Crippen molar-refractivity contribution in [1.29, 1.82) is 0 Å². The van der Waals surface area contributed by atoms with Crippen molar-refractivity contribution in [1.82, 2.24) is 0 Å². The predicted octanol–water partition coefficient (Wildman–Crippen LogP) is 2.88. The molecule has 150 valence electrons. The van der Waals surface area contributed by atoms with Crippen LogP contribution in [0.1, 0.15) is 24.3 Å². The Morgan fingerprint density at radius 1 is 1.17 bits per heavy atom. The van der Waals surface area contributed by atoms with E-state index in [-0.39, 0.29) is 23.3 Å². The molecule has 2 atom stereocenters. The van der Waals surface area contributed by atoms with Gasteiger partial charge in [0.2, 0.25) is 0 Å². The van der Waals surface area contributed by atoms with Crippen molar-refractivity contribution < 1.29 is 24.2 Å². The van der Waals surface area contributed by atoms with Crippen LogP contribution in [0, 0.1) is 10.1 Å². The van der Waals surface area contributed by atoms with E-state index in [0.29, 0.717) is 5.75 Å². The number of rotatable bonds is 8. The third-order valence-corrected chi connectivity index (χ3v) is 4.55. The molecule has 3 aromatic rings. The molecule has 0 aliphatic carbocycles. The van der Waals surface area contributed by atoms with Gasteiger partial charge in [0, 0.05) is 17.7 Å². The molecule has 0 saturated heterocycles. The number of ether oxygens (including phenoxy) is 1.